The van der Waals surface area contributed by atoms with E-state index in [2.05, 4.69) is 21.2 Å². The fourth-order valence-electron chi connectivity index (χ4n) is 3.92. The van der Waals surface area contributed by atoms with Crippen LogP contribution in [0.5, 0.6) is 0 Å². The van der Waals surface area contributed by atoms with Gasteiger partial charge in [0.15, 0.2) is 0 Å². The van der Waals surface area contributed by atoms with Crippen molar-refractivity contribution in [2.45, 2.75) is 24.8 Å². The van der Waals surface area contributed by atoms with Gasteiger partial charge in [-0.15, -0.1) is 0 Å². The summed E-state index contributed by atoms with van der Waals surface area (Å²) in [6, 6.07) is 27.6. The second-order valence-corrected chi connectivity index (χ2v) is 11.4. The summed E-state index contributed by atoms with van der Waals surface area (Å²) in [5.41, 5.74) is 4.68. The molecule has 12 heteroatoms. The van der Waals surface area contributed by atoms with Crippen molar-refractivity contribution >= 4 is 39.6 Å². The highest BCUT2D eigenvalue weighted by Gasteiger charge is 2.26. The zero-order valence-corrected chi connectivity index (χ0v) is 24.2. The van der Waals surface area contributed by atoms with Gasteiger partial charge in [-0.1, -0.05) is 66.2 Å². The fourth-order valence-corrected chi connectivity index (χ4v) is 5.32. The summed E-state index contributed by atoms with van der Waals surface area (Å²) in [6.45, 7) is 1.46. The number of benzene rings is 3. The van der Waals surface area contributed by atoms with Gasteiger partial charge in [0, 0.05) is 12.2 Å². The summed E-state index contributed by atoms with van der Waals surface area (Å²) in [4.78, 5) is 36.9. The van der Waals surface area contributed by atoms with Crippen molar-refractivity contribution in [2.24, 2.45) is 5.10 Å². The Bertz CT molecular complexity index is 1670. The number of para-hydroxylation sites is 1. The molecule has 0 radical (unpaired) electrons. The van der Waals surface area contributed by atoms with Gasteiger partial charge in [-0.2, -0.15) is 9.41 Å². The lowest BCUT2D eigenvalue weighted by molar-refractivity contribution is -0.136. The van der Waals surface area contributed by atoms with Crippen LogP contribution in [-0.4, -0.2) is 49.7 Å². The molecule has 0 atom stereocenters. The van der Waals surface area contributed by atoms with Gasteiger partial charge < -0.3 is 15.1 Å². The SMILES string of the molecule is Cc1ccc(S(=O)(=O)N(CCc2ccccc2)CC(=O)N/N=C\c2ccc(CNC(=O)C(=O)Nc3ccccc3)o2)cc1. The summed E-state index contributed by atoms with van der Waals surface area (Å²) in [5.74, 6) is -1.66. The Hall–Kier alpha value is -5.07. The maximum Gasteiger partial charge on any atom is 0.313 e. The molecule has 0 aliphatic rings. The smallest absolute Gasteiger partial charge is 0.313 e. The van der Waals surface area contributed by atoms with Crippen LogP contribution in [0.15, 0.2) is 111 Å². The molecule has 43 heavy (non-hydrogen) atoms. The molecule has 3 aromatic carbocycles. The Morgan fingerprint density at radius 3 is 2.23 bits per heavy atom. The molecule has 0 saturated carbocycles. The van der Waals surface area contributed by atoms with Crippen LogP contribution in [-0.2, 0) is 37.4 Å². The molecule has 11 nitrogen and oxygen atoms in total. The monoisotopic (exact) mass is 601 g/mol. The van der Waals surface area contributed by atoms with Gasteiger partial charge in [0.1, 0.15) is 11.5 Å². The molecule has 4 aromatic rings. The molecule has 1 aromatic heterocycles. The minimum Gasteiger partial charge on any atom is -0.458 e. The summed E-state index contributed by atoms with van der Waals surface area (Å²) >= 11 is 0. The van der Waals surface area contributed by atoms with Crippen molar-refractivity contribution in [3.63, 3.8) is 0 Å². The molecular formula is C31H31N5O6S. The number of nitrogens with zero attached hydrogens (tertiary/aromatic N) is 2. The van der Waals surface area contributed by atoms with Gasteiger partial charge in [0.2, 0.25) is 10.0 Å². The molecule has 1 heterocycles. The van der Waals surface area contributed by atoms with Crippen LogP contribution in [0.4, 0.5) is 5.69 Å². The van der Waals surface area contributed by atoms with Crippen LogP contribution < -0.4 is 16.1 Å². The van der Waals surface area contributed by atoms with Gasteiger partial charge in [-0.05, 0) is 55.3 Å². The van der Waals surface area contributed by atoms with Gasteiger partial charge in [-0.3, -0.25) is 14.4 Å². The molecule has 0 spiro atoms. The Kier molecular flexibility index (Phi) is 10.6. The molecule has 0 aliphatic carbocycles. The minimum atomic E-state index is -3.96. The Morgan fingerprint density at radius 1 is 0.860 bits per heavy atom. The molecule has 0 bridgehead atoms. The van der Waals surface area contributed by atoms with Crippen molar-refractivity contribution in [1.82, 2.24) is 15.0 Å². The van der Waals surface area contributed by atoms with E-state index in [1.807, 2.05) is 37.3 Å². The lowest BCUT2D eigenvalue weighted by Gasteiger charge is -2.21. The van der Waals surface area contributed by atoms with E-state index in [0.717, 1.165) is 15.4 Å². The van der Waals surface area contributed by atoms with E-state index in [-0.39, 0.29) is 23.7 Å². The number of aryl methyl sites for hydroxylation is 1. The van der Waals surface area contributed by atoms with Crippen molar-refractivity contribution in [2.75, 3.05) is 18.4 Å². The highest BCUT2D eigenvalue weighted by Crippen LogP contribution is 2.17. The van der Waals surface area contributed by atoms with E-state index in [0.29, 0.717) is 17.9 Å². The van der Waals surface area contributed by atoms with E-state index in [4.69, 9.17) is 4.42 Å². The average Bonchev–Trinajstić information content (AvgIpc) is 3.46. The maximum atomic E-state index is 13.4. The Balaban J connectivity index is 1.31. The first-order valence-corrected chi connectivity index (χ1v) is 14.8. The van der Waals surface area contributed by atoms with Crippen LogP contribution in [0, 0.1) is 6.92 Å². The van der Waals surface area contributed by atoms with Crippen LogP contribution in [0.3, 0.4) is 0 Å². The number of amides is 3. The first kappa shape index (κ1) is 30.9. The van der Waals surface area contributed by atoms with E-state index < -0.39 is 34.3 Å². The maximum absolute atomic E-state index is 13.4. The number of hydrazone groups is 1. The van der Waals surface area contributed by atoms with E-state index in [1.165, 1.54) is 18.3 Å². The predicted molar refractivity (Wildman–Crippen MR) is 161 cm³/mol. The highest BCUT2D eigenvalue weighted by molar-refractivity contribution is 7.89. The topological polar surface area (TPSA) is 150 Å². The summed E-state index contributed by atoms with van der Waals surface area (Å²) in [6.07, 6.45) is 1.66. The van der Waals surface area contributed by atoms with Gasteiger partial charge >= 0.3 is 11.8 Å². The molecule has 4 rings (SSSR count). The van der Waals surface area contributed by atoms with Crippen LogP contribution in [0.1, 0.15) is 22.6 Å². The van der Waals surface area contributed by atoms with Gasteiger partial charge in [0.25, 0.3) is 5.91 Å². The number of carbonyl (C=O) groups excluding carboxylic acids is 3. The zero-order valence-electron chi connectivity index (χ0n) is 23.4. The standard InChI is InChI=1S/C31H31N5O6S/c1-23-12-16-28(17-13-23)43(40,41)36(19-18-24-8-4-2-5-9-24)22-29(37)35-33-21-27-15-14-26(42-27)20-32-30(38)31(39)34-25-10-6-3-7-11-25/h2-17,21H,18-20,22H2,1H3,(H,32,38)(H,34,39)(H,35,37)/b33-21-. The quantitative estimate of drug-likeness (QED) is 0.129. The van der Waals surface area contributed by atoms with Crippen LogP contribution in [0.2, 0.25) is 0 Å². The second-order valence-electron chi connectivity index (χ2n) is 9.49. The lowest BCUT2D eigenvalue weighted by Crippen LogP contribution is -2.40. The number of anilines is 1. The molecular weight excluding hydrogens is 570 g/mol. The highest BCUT2D eigenvalue weighted by atomic mass is 32.2. The third-order valence-corrected chi connectivity index (χ3v) is 8.06. The normalized spacial score (nSPS) is 11.4. The molecule has 3 N–H and O–H groups in total. The molecule has 0 fully saturated rings. The molecule has 0 aliphatic heterocycles. The van der Waals surface area contributed by atoms with E-state index >= 15 is 0 Å². The Morgan fingerprint density at radius 2 is 1.53 bits per heavy atom. The number of hydrogen-bond donors (Lipinski definition) is 3. The summed E-state index contributed by atoms with van der Waals surface area (Å²) in [5, 5.41) is 8.82. The van der Waals surface area contributed by atoms with Crippen LogP contribution >= 0.6 is 0 Å². The van der Waals surface area contributed by atoms with Gasteiger partial charge in [-0.25, -0.2) is 13.8 Å². The lowest BCUT2D eigenvalue weighted by atomic mass is 10.1. The molecule has 0 unspecified atom stereocenters. The third kappa shape index (κ3) is 9.21. The molecule has 222 valence electrons. The predicted octanol–water partition coefficient (Wildman–Crippen LogP) is 3.23. The Labute approximate surface area is 249 Å². The number of rotatable bonds is 12. The van der Waals surface area contributed by atoms with Crippen molar-refractivity contribution in [3.8, 4) is 0 Å². The summed E-state index contributed by atoms with van der Waals surface area (Å²) < 4.78 is 33.4. The second kappa shape index (κ2) is 14.7. The van der Waals surface area contributed by atoms with Crippen molar-refractivity contribution in [3.05, 3.63) is 120 Å². The molecule has 0 saturated heterocycles. The average molecular weight is 602 g/mol. The number of hydrogen-bond acceptors (Lipinski definition) is 7. The van der Waals surface area contributed by atoms with Crippen molar-refractivity contribution in [1.29, 1.82) is 0 Å². The van der Waals surface area contributed by atoms with E-state index in [1.54, 1.807) is 54.6 Å². The number of nitrogens with one attached hydrogen (secondary N) is 3. The number of furan rings is 1. The minimum absolute atomic E-state index is 0.0471. The first-order chi connectivity index (χ1) is 20.7. The number of sulfonamides is 1. The van der Waals surface area contributed by atoms with E-state index in [9.17, 15) is 22.8 Å². The van der Waals surface area contributed by atoms with Gasteiger partial charge in [0.05, 0.1) is 24.2 Å². The zero-order chi connectivity index (χ0) is 30.7. The largest absolute Gasteiger partial charge is 0.458 e. The van der Waals surface area contributed by atoms with Crippen LogP contribution in [0.25, 0.3) is 0 Å². The molecule has 3 amide bonds. The number of carbonyl (C=O) groups is 3. The van der Waals surface area contributed by atoms with Crippen molar-refractivity contribution < 1.29 is 27.2 Å². The first-order valence-electron chi connectivity index (χ1n) is 13.4. The fraction of sp³-hybridized carbons (Fsp3) is 0.161. The third-order valence-electron chi connectivity index (χ3n) is 6.20. The summed E-state index contributed by atoms with van der Waals surface area (Å²) in [7, 11) is -3.96.